The Kier molecular flexibility index (Phi) is 5.67. The van der Waals surface area contributed by atoms with Crippen molar-refractivity contribution in [2.45, 2.75) is 12.5 Å². The van der Waals surface area contributed by atoms with Crippen molar-refractivity contribution in [1.82, 2.24) is 9.78 Å². The molecule has 0 aliphatic carbocycles. The molecule has 2 N–H and O–H groups in total. The first-order valence-corrected chi connectivity index (χ1v) is 7.47. The van der Waals surface area contributed by atoms with E-state index in [1.165, 1.54) is 0 Å². The van der Waals surface area contributed by atoms with Crippen molar-refractivity contribution in [2.24, 2.45) is 5.73 Å². The quantitative estimate of drug-likeness (QED) is 0.776. The molecule has 1 aromatic heterocycles. The summed E-state index contributed by atoms with van der Waals surface area (Å²) in [6.45, 7) is 1.27. The molecule has 21 heavy (non-hydrogen) atoms. The molecule has 0 saturated heterocycles. The Labute approximate surface area is 132 Å². The van der Waals surface area contributed by atoms with Gasteiger partial charge in [-0.1, -0.05) is 30.3 Å². The third-order valence-corrected chi connectivity index (χ3v) is 3.87. The van der Waals surface area contributed by atoms with Crippen LogP contribution in [0.3, 0.4) is 0 Å². The molecule has 0 aliphatic heterocycles. The predicted octanol–water partition coefficient (Wildman–Crippen LogP) is 2.22. The summed E-state index contributed by atoms with van der Waals surface area (Å²) >= 11 is 3.39. The summed E-state index contributed by atoms with van der Waals surface area (Å²) in [4.78, 5) is 12.8. The van der Waals surface area contributed by atoms with E-state index in [1.54, 1.807) is 18.0 Å². The molecule has 2 rings (SSSR count). The Morgan fingerprint density at radius 1 is 1.43 bits per heavy atom. The number of ether oxygens (including phenoxy) is 1. The van der Waals surface area contributed by atoms with Crippen molar-refractivity contribution >= 4 is 21.7 Å². The molecule has 5 nitrogen and oxygen atoms in total. The summed E-state index contributed by atoms with van der Waals surface area (Å²) in [5, 5.41) is 4.21. The highest BCUT2D eigenvalue weighted by atomic mass is 79.9. The van der Waals surface area contributed by atoms with Gasteiger partial charge >= 0.3 is 0 Å². The third-order valence-electron chi connectivity index (χ3n) is 3.29. The molecule has 2 aromatic rings. The molecular formula is C15H18BrN3O2. The lowest BCUT2D eigenvalue weighted by Crippen LogP contribution is -2.25. The number of ketones is 1. The largest absolute Gasteiger partial charge is 0.383 e. The molecule has 0 amide bonds. The first kappa shape index (κ1) is 15.9. The number of carbonyl (C=O) groups excluding carboxylic acids is 1. The van der Waals surface area contributed by atoms with Crippen LogP contribution in [0.5, 0.6) is 0 Å². The minimum absolute atomic E-state index is 0.0378. The van der Waals surface area contributed by atoms with Gasteiger partial charge < -0.3 is 10.5 Å². The fourth-order valence-corrected chi connectivity index (χ4v) is 2.69. The molecule has 0 radical (unpaired) electrons. The van der Waals surface area contributed by atoms with E-state index < -0.39 is 0 Å². The van der Waals surface area contributed by atoms with Gasteiger partial charge in [-0.2, -0.15) is 5.10 Å². The molecule has 1 atom stereocenters. The number of hydrogen-bond acceptors (Lipinski definition) is 4. The van der Waals surface area contributed by atoms with Crippen LogP contribution in [0, 0.1) is 0 Å². The zero-order chi connectivity index (χ0) is 15.2. The van der Waals surface area contributed by atoms with E-state index in [9.17, 15) is 4.79 Å². The zero-order valence-electron chi connectivity index (χ0n) is 11.8. The number of halogens is 1. The van der Waals surface area contributed by atoms with Crippen LogP contribution in [0.25, 0.3) is 0 Å². The highest BCUT2D eigenvalue weighted by molar-refractivity contribution is 9.10. The fraction of sp³-hybridized carbons (Fsp3) is 0.333. The summed E-state index contributed by atoms with van der Waals surface area (Å²) in [6, 6.07) is 9.56. The Hall–Kier alpha value is -1.50. The zero-order valence-corrected chi connectivity index (χ0v) is 13.4. The van der Waals surface area contributed by atoms with Gasteiger partial charge in [0.1, 0.15) is 5.69 Å². The van der Waals surface area contributed by atoms with Crippen LogP contribution in [-0.4, -0.2) is 35.8 Å². The Balaban J connectivity index is 2.32. The van der Waals surface area contributed by atoms with E-state index in [0.717, 1.165) is 5.56 Å². The Bertz CT molecular complexity index is 598. The molecule has 112 valence electrons. The lowest BCUT2D eigenvalue weighted by molar-refractivity contribution is 0.0947. The summed E-state index contributed by atoms with van der Waals surface area (Å²) < 4.78 is 7.38. The van der Waals surface area contributed by atoms with Gasteiger partial charge in [0, 0.05) is 13.7 Å². The molecule has 0 fully saturated rings. The van der Waals surface area contributed by atoms with E-state index in [0.29, 0.717) is 23.3 Å². The molecule has 0 spiro atoms. The molecule has 1 heterocycles. The molecule has 1 aromatic carbocycles. The van der Waals surface area contributed by atoms with Crippen molar-refractivity contribution < 1.29 is 9.53 Å². The Morgan fingerprint density at radius 2 is 2.14 bits per heavy atom. The highest BCUT2D eigenvalue weighted by Crippen LogP contribution is 2.25. The SMILES string of the molecule is COCCn1ncc(Br)c1C(=O)C(CN)c1ccccc1. The van der Waals surface area contributed by atoms with E-state index in [2.05, 4.69) is 21.0 Å². The summed E-state index contributed by atoms with van der Waals surface area (Å²) in [5.74, 6) is -0.412. The number of nitrogens with zero attached hydrogens (tertiary/aromatic N) is 2. The maximum atomic E-state index is 12.8. The number of methoxy groups -OCH3 is 1. The maximum absolute atomic E-state index is 12.8. The van der Waals surface area contributed by atoms with Gasteiger partial charge in [-0.05, 0) is 21.5 Å². The second-order valence-electron chi connectivity index (χ2n) is 4.62. The number of hydrogen-bond donors (Lipinski definition) is 1. The van der Waals surface area contributed by atoms with Gasteiger partial charge in [0.25, 0.3) is 0 Å². The summed E-state index contributed by atoms with van der Waals surface area (Å²) in [5.41, 5.74) is 7.27. The fourth-order valence-electron chi connectivity index (χ4n) is 2.20. The van der Waals surface area contributed by atoms with Crippen molar-refractivity contribution in [1.29, 1.82) is 0 Å². The van der Waals surface area contributed by atoms with Crippen LogP contribution in [0.1, 0.15) is 22.0 Å². The van der Waals surface area contributed by atoms with Crippen LogP contribution in [-0.2, 0) is 11.3 Å². The average Bonchev–Trinajstić information content (AvgIpc) is 2.87. The molecule has 0 bridgehead atoms. The first-order valence-electron chi connectivity index (χ1n) is 6.68. The molecule has 6 heteroatoms. The minimum atomic E-state index is -0.375. The van der Waals surface area contributed by atoms with Gasteiger partial charge in [0.15, 0.2) is 5.78 Å². The van der Waals surface area contributed by atoms with Gasteiger partial charge in [-0.25, -0.2) is 0 Å². The van der Waals surface area contributed by atoms with Crippen molar-refractivity contribution in [3.8, 4) is 0 Å². The van der Waals surface area contributed by atoms with Gasteiger partial charge in [-0.15, -0.1) is 0 Å². The standard InChI is InChI=1S/C15H18BrN3O2/c1-21-8-7-19-14(13(16)10-18-19)15(20)12(9-17)11-5-3-2-4-6-11/h2-6,10,12H,7-9,17H2,1H3. The van der Waals surface area contributed by atoms with Gasteiger partial charge in [-0.3, -0.25) is 9.48 Å². The van der Waals surface area contributed by atoms with E-state index >= 15 is 0 Å². The van der Waals surface area contributed by atoms with Crippen molar-refractivity contribution in [3.05, 3.63) is 52.3 Å². The minimum Gasteiger partial charge on any atom is -0.383 e. The number of rotatable bonds is 7. The number of nitrogens with two attached hydrogens (primary N) is 1. The Morgan fingerprint density at radius 3 is 2.76 bits per heavy atom. The molecule has 0 saturated carbocycles. The normalized spacial score (nSPS) is 12.3. The van der Waals surface area contributed by atoms with E-state index in [-0.39, 0.29) is 18.2 Å². The van der Waals surface area contributed by atoms with E-state index in [4.69, 9.17) is 10.5 Å². The van der Waals surface area contributed by atoms with Gasteiger partial charge in [0.05, 0.1) is 29.7 Å². The third kappa shape index (κ3) is 3.58. The molecular weight excluding hydrogens is 334 g/mol. The number of Topliss-reactive ketones (excluding diaryl/α,β-unsaturated/α-hetero) is 1. The monoisotopic (exact) mass is 351 g/mol. The van der Waals surface area contributed by atoms with Gasteiger partial charge in [0.2, 0.25) is 0 Å². The smallest absolute Gasteiger partial charge is 0.190 e. The summed E-state index contributed by atoms with van der Waals surface area (Å²) in [6.07, 6.45) is 1.63. The van der Waals surface area contributed by atoms with Crippen LogP contribution >= 0.6 is 15.9 Å². The predicted molar refractivity (Wildman–Crippen MR) is 84.4 cm³/mol. The van der Waals surface area contributed by atoms with Crippen LogP contribution in [0.2, 0.25) is 0 Å². The summed E-state index contributed by atoms with van der Waals surface area (Å²) in [7, 11) is 1.62. The number of aromatic nitrogens is 2. The highest BCUT2D eigenvalue weighted by Gasteiger charge is 2.26. The molecule has 0 aliphatic rings. The number of carbonyl (C=O) groups is 1. The molecule has 1 unspecified atom stereocenters. The topological polar surface area (TPSA) is 70.1 Å². The van der Waals surface area contributed by atoms with Crippen LogP contribution < -0.4 is 5.73 Å². The van der Waals surface area contributed by atoms with E-state index in [1.807, 2.05) is 30.3 Å². The number of benzene rings is 1. The lowest BCUT2D eigenvalue weighted by atomic mass is 9.93. The van der Waals surface area contributed by atoms with Crippen LogP contribution in [0.4, 0.5) is 0 Å². The lowest BCUT2D eigenvalue weighted by Gasteiger charge is -2.15. The van der Waals surface area contributed by atoms with Crippen molar-refractivity contribution in [2.75, 3.05) is 20.3 Å². The van der Waals surface area contributed by atoms with Crippen molar-refractivity contribution in [3.63, 3.8) is 0 Å². The first-order chi connectivity index (χ1) is 10.2. The second-order valence-corrected chi connectivity index (χ2v) is 5.47. The maximum Gasteiger partial charge on any atom is 0.190 e. The van der Waals surface area contributed by atoms with Crippen LogP contribution in [0.15, 0.2) is 41.0 Å². The average molecular weight is 352 g/mol. The second kappa shape index (κ2) is 7.49.